The highest BCUT2D eigenvalue weighted by molar-refractivity contribution is 6.03. The fourth-order valence-corrected chi connectivity index (χ4v) is 5.02. The first kappa shape index (κ1) is 33.7. The van der Waals surface area contributed by atoms with Crippen molar-refractivity contribution >= 4 is 34.0 Å². The molecule has 48 heavy (non-hydrogen) atoms. The lowest BCUT2D eigenvalue weighted by Gasteiger charge is -2.19. The third kappa shape index (κ3) is 8.01. The van der Waals surface area contributed by atoms with Gasteiger partial charge in [-0.1, -0.05) is 36.4 Å². The van der Waals surface area contributed by atoms with Gasteiger partial charge < -0.3 is 23.4 Å². The summed E-state index contributed by atoms with van der Waals surface area (Å²) in [5.41, 5.74) is 3.90. The standard InChI is InChI=1S/C25H22O4.C15H16O4/c1-25(2,3)28-13-12-16-6-4-5-7-19(16)24-20-10-8-17(26)14-22(20)29-23-15-18(27)9-11-21(23)24;1-9-5-6-10-8-11(13(16)18-12(10)7-9)14(17)19-15(2,3)4/h4-15,26H,1-3H3;5-8H,1-4H3. The van der Waals surface area contributed by atoms with Crippen molar-refractivity contribution in [3.05, 3.63) is 129 Å². The van der Waals surface area contributed by atoms with E-state index in [9.17, 15) is 19.5 Å². The maximum absolute atomic E-state index is 11.9. The highest BCUT2D eigenvalue weighted by atomic mass is 16.6. The first-order chi connectivity index (χ1) is 22.6. The lowest BCUT2D eigenvalue weighted by Crippen LogP contribution is -2.27. The molecule has 8 nitrogen and oxygen atoms in total. The van der Waals surface area contributed by atoms with Gasteiger partial charge in [0.15, 0.2) is 5.43 Å². The highest BCUT2D eigenvalue weighted by Crippen LogP contribution is 2.42. The average molecular weight is 647 g/mol. The first-order valence-electron chi connectivity index (χ1n) is 15.5. The molecule has 1 aliphatic carbocycles. The smallest absolute Gasteiger partial charge is 0.351 e. The Morgan fingerprint density at radius 3 is 2.25 bits per heavy atom. The molecule has 0 saturated carbocycles. The van der Waals surface area contributed by atoms with Crippen molar-refractivity contribution in [2.24, 2.45) is 0 Å². The molecule has 0 bridgehead atoms. The van der Waals surface area contributed by atoms with E-state index in [4.69, 9.17) is 18.3 Å². The molecule has 1 aromatic heterocycles. The van der Waals surface area contributed by atoms with Crippen LogP contribution in [0.15, 0.2) is 110 Å². The van der Waals surface area contributed by atoms with Crippen LogP contribution in [0.4, 0.5) is 0 Å². The van der Waals surface area contributed by atoms with Crippen molar-refractivity contribution in [2.45, 2.75) is 59.7 Å². The van der Waals surface area contributed by atoms with Crippen LogP contribution in [-0.2, 0) is 9.47 Å². The van der Waals surface area contributed by atoms with Crippen LogP contribution in [0.2, 0.25) is 0 Å². The highest BCUT2D eigenvalue weighted by Gasteiger charge is 2.22. The van der Waals surface area contributed by atoms with Gasteiger partial charge in [-0.2, -0.15) is 0 Å². The number of phenolic OH excluding ortho intramolecular Hbond substituents is 1. The molecule has 2 heterocycles. The topological polar surface area (TPSA) is 116 Å². The molecule has 246 valence electrons. The Morgan fingerprint density at radius 2 is 1.52 bits per heavy atom. The number of carbonyl (C=O) groups is 1. The number of esters is 1. The Labute approximate surface area is 278 Å². The first-order valence-corrected chi connectivity index (χ1v) is 15.5. The van der Waals surface area contributed by atoms with Crippen LogP contribution in [0.3, 0.4) is 0 Å². The number of hydrogen-bond donors (Lipinski definition) is 1. The predicted molar refractivity (Wildman–Crippen MR) is 188 cm³/mol. The number of fused-ring (bicyclic) bond motifs is 3. The molecule has 6 rings (SSSR count). The van der Waals surface area contributed by atoms with Crippen molar-refractivity contribution < 1.29 is 28.2 Å². The molecule has 0 amide bonds. The van der Waals surface area contributed by atoms with Crippen molar-refractivity contribution in [3.63, 3.8) is 0 Å². The van der Waals surface area contributed by atoms with E-state index in [1.807, 2.05) is 76.2 Å². The van der Waals surface area contributed by atoms with Crippen LogP contribution in [-0.4, -0.2) is 22.3 Å². The monoisotopic (exact) mass is 646 g/mol. The molecular formula is C40H38O8. The maximum Gasteiger partial charge on any atom is 0.351 e. The molecule has 0 spiro atoms. The molecule has 2 aliphatic rings. The van der Waals surface area contributed by atoms with E-state index < -0.39 is 17.2 Å². The number of aromatic hydroxyl groups is 1. The van der Waals surface area contributed by atoms with Crippen molar-refractivity contribution in [3.8, 4) is 28.2 Å². The lowest BCUT2D eigenvalue weighted by molar-refractivity contribution is 0.00652. The van der Waals surface area contributed by atoms with E-state index >= 15 is 0 Å². The van der Waals surface area contributed by atoms with Crippen LogP contribution in [0, 0.1) is 6.92 Å². The summed E-state index contributed by atoms with van der Waals surface area (Å²) >= 11 is 0. The molecule has 3 aromatic carbocycles. The molecule has 1 N–H and O–H groups in total. The number of carbonyl (C=O) groups excluding carboxylic acids is 1. The normalized spacial score (nSPS) is 11.9. The number of phenols is 1. The van der Waals surface area contributed by atoms with E-state index in [1.54, 1.807) is 51.3 Å². The van der Waals surface area contributed by atoms with Crippen LogP contribution in [0.5, 0.6) is 5.75 Å². The Kier molecular flexibility index (Phi) is 9.30. The molecular weight excluding hydrogens is 608 g/mol. The van der Waals surface area contributed by atoms with Crippen LogP contribution >= 0.6 is 0 Å². The van der Waals surface area contributed by atoms with Crippen molar-refractivity contribution in [2.75, 3.05) is 0 Å². The zero-order valence-corrected chi connectivity index (χ0v) is 28.0. The number of benzene rings is 4. The number of rotatable bonds is 4. The van der Waals surface area contributed by atoms with Crippen LogP contribution in [0.1, 0.15) is 63.0 Å². The second-order valence-corrected chi connectivity index (χ2v) is 13.4. The average Bonchev–Trinajstić information content (AvgIpc) is 2.98. The van der Waals surface area contributed by atoms with Crippen molar-refractivity contribution in [1.29, 1.82) is 0 Å². The number of aryl methyl sites for hydroxylation is 1. The second kappa shape index (κ2) is 13.2. The zero-order chi connectivity index (χ0) is 34.8. The van der Waals surface area contributed by atoms with E-state index in [2.05, 4.69) is 0 Å². The van der Waals surface area contributed by atoms with E-state index in [0.29, 0.717) is 22.3 Å². The molecule has 8 heteroatoms. The van der Waals surface area contributed by atoms with Gasteiger partial charge in [0.2, 0.25) is 0 Å². The lowest BCUT2D eigenvalue weighted by atomic mass is 9.91. The third-order valence-electron chi connectivity index (χ3n) is 7.09. The third-order valence-corrected chi connectivity index (χ3v) is 7.09. The van der Waals surface area contributed by atoms with Gasteiger partial charge in [0.1, 0.15) is 33.8 Å². The van der Waals surface area contributed by atoms with E-state index in [-0.39, 0.29) is 22.3 Å². The van der Waals surface area contributed by atoms with Crippen LogP contribution < -0.4 is 11.1 Å². The van der Waals surface area contributed by atoms with Gasteiger partial charge in [-0.05, 0) is 108 Å². The summed E-state index contributed by atoms with van der Waals surface area (Å²) in [5, 5.41) is 11.5. The summed E-state index contributed by atoms with van der Waals surface area (Å²) < 4.78 is 22.0. The Morgan fingerprint density at radius 1 is 0.771 bits per heavy atom. The molecule has 0 fully saturated rings. The van der Waals surface area contributed by atoms with Gasteiger partial charge in [0.25, 0.3) is 0 Å². The number of hydrogen-bond acceptors (Lipinski definition) is 8. The van der Waals surface area contributed by atoms with Gasteiger partial charge in [0.05, 0.1) is 11.9 Å². The molecule has 0 saturated heterocycles. The molecule has 0 atom stereocenters. The summed E-state index contributed by atoms with van der Waals surface area (Å²) in [6.07, 6.45) is 3.64. The fourth-order valence-electron chi connectivity index (χ4n) is 5.02. The Bertz CT molecular complexity index is 2240. The van der Waals surface area contributed by atoms with Gasteiger partial charge >= 0.3 is 11.6 Å². The van der Waals surface area contributed by atoms with Crippen molar-refractivity contribution in [1.82, 2.24) is 0 Å². The zero-order valence-electron chi connectivity index (χ0n) is 28.0. The van der Waals surface area contributed by atoms with Crippen LogP contribution in [0.25, 0.3) is 50.5 Å². The fraction of sp³-hybridized carbons (Fsp3) is 0.225. The minimum Gasteiger partial charge on any atom is -0.508 e. The van der Waals surface area contributed by atoms with E-state index in [1.165, 1.54) is 18.2 Å². The Balaban J connectivity index is 0.000000206. The molecule has 4 aromatic rings. The summed E-state index contributed by atoms with van der Waals surface area (Å²) in [4.78, 5) is 35.6. The maximum atomic E-state index is 11.9. The minimum absolute atomic E-state index is 0.0775. The predicted octanol–water partition coefficient (Wildman–Crippen LogP) is 9.11. The largest absolute Gasteiger partial charge is 0.508 e. The second-order valence-electron chi connectivity index (χ2n) is 13.4. The van der Waals surface area contributed by atoms with Gasteiger partial charge in [-0.15, -0.1) is 0 Å². The van der Waals surface area contributed by atoms with E-state index in [0.717, 1.165) is 33.2 Å². The van der Waals surface area contributed by atoms with Gasteiger partial charge in [-0.3, -0.25) is 4.79 Å². The van der Waals surface area contributed by atoms with Gasteiger partial charge in [0, 0.05) is 34.0 Å². The molecule has 0 radical (unpaired) electrons. The SMILES string of the molecule is CC(C)(C)OC=Cc1ccccc1-c1c2ccc(=O)cc-2oc2cc(O)ccc12.Cc1ccc2cc(C(=O)OC(C)(C)C)c(=O)oc2c1. The summed E-state index contributed by atoms with van der Waals surface area (Å²) in [5.74, 6) is -0.0735. The van der Waals surface area contributed by atoms with Gasteiger partial charge in [-0.25, -0.2) is 9.59 Å². The minimum atomic E-state index is -0.674. The number of ether oxygens (including phenoxy) is 2. The summed E-state index contributed by atoms with van der Waals surface area (Å²) in [6, 6.07) is 24.8. The summed E-state index contributed by atoms with van der Waals surface area (Å²) in [7, 11) is 0. The summed E-state index contributed by atoms with van der Waals surface area (Å²) in [6.45, 7) is 13.1. The Hall–Kier alpha value is -5.63. The quantitative estimate of drug-likeness (QED) is 0.0873. The molecule has 0 unspecified atom stereocenters. The molecule has 1 aliphatic heterocycles.